The number of hydrogen-bond donors (Lipinski definition) is 3. The first-order valence-electron chi connectivity index (χ1n) is 8.49. The molecule has 1 aliphatic carbocycles. The molecule has 1 saturated carbocycles. The van der Waals surface area contributed by atoms with Gasteiger partial charge in [0.05, 0.1) is 14.2 Å². The lowest BCUT2D eigenvalue weighted by Crippen LogP contribution is -3.11. The largest absolute Gasteiger partial charge is 0.467 e. The SMILES string of the molecule is COC(=O)[C@@H](Cc1ccccc1)NC(=O)C[NH+](C)CC(=O)NC1CC1. The Hall–Kier alpha value is -2.41. The molecule has 1 aromatic carbocycles. The number of nitrogens with one attached hydrogen (secondary N) is 3. The van der Waals surface area contributed by atoms with E-state index in [1.54, 1.807) is 7.05 Å². The molecule has 136 valence electrons. The minimum atomic E-state index is -0.743. The van der Waals surface area contributed by atoms with E-state index in [2.05, 4.69) is 10.6 Å². The lowest BCUT2D eigenvalue weighted by molar-refractivity contribution is -0.862. The van der Waals surface area contributed by atoms with Crippen LogP contribution in [0.3, 0.4) is 0 Å². The molecule has 1 unspecified atom stereocenters. The van der Waals surface area contributed by atoms with E-state index in [0.717, 1.165) is 23.3 Å². The zero-order valence-corrected chi connectivity index (χ0v) is 14.7. The minimum Gasteiger partial charge on any atom is -0.467 e. The standard InChI is InChI=1S/C18H25N3O4/c1-21(11-16(22)19-14-8-9-14)12-17(23)20-15(18(24)25-2)10-13-6-4-3-5-7-13/h3-7,14-15H,8-12H2,1-2H3,(H,19,22)(H,20,23)/p+1/t15-/m1/s1. The van der Waals surface area contributed by atoms with Crippen LogP contribution in [-0.2, 0) is 25.5 Å². The number of carbonyl (C=O) groups excluding carboxylic acids is 3. The van der Waals surface area contributed by atoms with Crippen LogP contribution in [0.25, 0.3) is 0 Å². The summed E-state index contributed by atoms with van der Waals surface area (Å²) in [6, 6.07) is 8.99. The molecular weight excluding hydrogens is 322 g/mol. The van der Waals surface area contributed by atoms with Gasteiger partial charge in [0, 0.05) is 12.5 Å². The fourth-order valence-corrected chi connectivity index (χ4v) is 2.55. The summed E-state index contributed by atoms with van der Waals surface area (Å²) in [5, 5.41) is 5.60. The van der Waals surface area contributed by atoms with Crippen molar-refractivity contribution in [3.63, 3.8) is 0 Å². The number of benzene rings is 1. The summed E-state index contributed by atoms with van der Waals surface area (Å²) in [5.41, 5.74) is 0.933. The van der Waals surface area contributed by atoms with Crippen molar-refractivity contribution in [3.05, 3.63) is 35.9 Å². The fraction of sp³-hybridized carbons (Fsp3) is 0.500. The van der Waals surface area contributed by atoms with Crippen LogP contribution in [0.1, 0.15) is 18.4 Å². The van der Waals surface area contributed by atoms with Crippen molar-refractivity contribution in [3.8, 4) is 0 Å². The lowest BCUT2D eigenvalue weighted by atomic mass is 10.1. The van der Waals surface area contributed by atoms with Crippen LogP contribution in [0.2, 0.25) is 0 Å². The maximum absolute atomic E-state index is 12.2. The smallest absolute Gasteiger partial charge is 0.328 e. The fourth-order valence-electron chi connectivity index (χ4n) is 2.55. The molecule has 7 nitrogen and oxygen atoms in total. The molecule has 0 spiro atoms. The van der Waals surface area contributed by atoms with Gasteiger partial charge in [-0.25, -0.2) is 4.79 Å². The van der Waals surface area contributed by atoms with E-state index < -0.39 is 12.0 Å². The Balaban J connectivity index is 1.83. The monoisotopic (exact) mass is 348 g/mol. The molecule has 0 saturated heterocycles. The molecule has 3 N–H and O–H groups in total. The maximum Gasteiger partial charge on any atom is 0.328 e. The number of hydrogen-bond acceptors (Lipinski definition) is 4. The summed E-state index contributed by atoms with van der Waals surface area (Å²) >= 11 is 0. The Morgan fingerprint density at radius 3 is 2.40 bits per heavy atom. The molecule has 25 heavy (non-hydrogen) atoms. The average Bonchev–Trinajstić information content (AvgIpc) is 3.37. The highest BCUT2D eigenvalue weighted by molar-refractivity contribution is 5.85. The molecule has 1 aliphatic rings. The Labute approximate surface area is 147 Å². The molecule has 2 atom stereocenters. The minimum absolute atomic E-state index is 0.0541. The summed E-state index contributed by atoms with van der Waals surface area (Å²) < 4.78 is 4.78. The molecule has 7 heteroatoms. The zero-order chi connectivity index (χ0) is 18.2. The number of esters is 1. The number of carbonyl (C=O) groups is 3. The van der Waals surface area contributed by atoms with Gasteiger partial charge in [-0.1, -0.05) is 30.3 Å². The first-order chi connectivity index (χ1) is 12.0. The third kappa shape index (κ3) is 6.93. The molecule has 0 heterocycles. The zero-order valence-electron chi connectivity index (χ0n) is 14.7. The second kappa shape index (κ2) is 9.17. The molecule has 0 bridgehead atoms. The van der Waals surface area contributed by atoms with Gasteiger partial charge in [-0.3, -0.25) is 9.59 Å². The van der Waals surface area contributed by atoms with Crippen molar-refractivity contribution in [2.45, 2.75) is 31.3 Å². The van der Waals surface area contributed by atoms with Gasteiger partial charge >= 0.3 is 5.97 Å². The number of likely N-dealkylation sites (N-methyl/N-ethyl adjacent to an activating group) is 1. The van der Waals surface area contributed by atoms with Crippen LogP contribution < -0.4 is 15.5 Å². The second-order valence-corrected chi connectivity index (χ2v) is 6.49. The molecule has 0 radical (unpaired) electrons. The number of amides is 2. The third-order valence-electron chi connectivity index (χ3n) is 3.97. The quantitative estimate of drug-likeness (QED) is 0.483. The highest BCUT2D eigenvalue weighted by Gasteiger charge is 2.26. The Bertz CT molecular complexity index is 602. The van der Waals surface area contributed by atoms with Crippen molar-refractivity contribution in [1.82, 2.24) is 10.6 Å². The van der Waals surface area contributed by atoms with Gasteiger partial charge in [0.15, 0.2) is 13.1 Å². The summed E-state index contributed by atoms with van der Waals surface area (Å²) in [6.07, 6.45) is 2.43. The van der Waals surface area contributed by atoms with Crippen LogP contribution >= 0.6 is 0 Å². The molecule has 1 fully saturated rings. The van der Waals surface area contributed by atoms with Gasteiger partial charge in [0.2, 0.25) is 0 Å². The summed E-state index contributed by atoms with van der Waals surface area (Å²) in [7, 11) is 3.07. The summed E-state index contributed by atoms with van der Waals surface area (Å²) in [6.45, 7) is 0.339. The number of ether oxygens (including phenoxy) is 1. The van der Waals surface area contributed by atoms with Crippen LogP contribution in [0.5, 0.6) is 0 Å². The van der Waals surface area contributed by atoms with Gasteiger partial charge in [0.1, 0.15) is 6.04 Å². The van der Waals surface area contributed by atoms with Crippen molar-refractivity contribution in [1.29, 1.82) is 0 Å². The Kier molecular flexibility index (Phi) is 6.94. The van der Waals surface area contributed by atoms with Crippen LogP contribution in [0, 0.1) is 0 Å². The normalized spacial score (nSPS) is 15.8. The van der Waals surface area contributed by atoms with Gasteiger partial charge in [0.25, 0.3) is 11.8 Å². The van der Waals surface area contributed by atoms with E-state index in [0.29, 0.717) is 12.5 Å². The van der Waals surface area contributed by atoms with E-state index in [4.69, 9.17) is 4.74 Å². The molecule has 1 aromatic rings. The first kappa shape index (κ1) is 18.9. The highest BCUT2D eigenvalue weighted by atomic mass is 16.5. The van der Waals surface area contributed by atoms with E-state index in [1.807, 2.05) is 30.3 Å². The van der Waals surface area contributed by atoms with Crippen molar-refractivity contribution in [2.75, 3.05) is 27.2 Å². The van der Waals surface area contributed by atoms with E-state index >= 15 is 0 Å². The third-order valence-corrected chi connectivity index (χ3v) is 3.97. The number of rotatable bonds is 9. The van der Waals surface area contributed by atoms with Gasteiger partial charge < -0.3 is 20.3 Å². The van der Waals surface area contributed by atoms with Crippen LogP contribution in [-0.4, -0.2) is 57.1 Å². The van der Waals surface area contributed by atoms with Crippen LogP contribution in [0.15, 0.2) is 30.3 Å². The average molecular weight is 348 g/mol. The lowest BCUT2D eigenvalue weighted by Gasteiger charge is -2.18. The van der Waals surface area contributed by atoms with Gasteiger partial charge in [-0.2, -0.15) is 0 Å². The first-order valence-corrected chi connectivity index (χ1v) is 8.49. The van der Waals surface area contributed by atoms with Crippen LogP contribution in [0.4, 0.5) is 0 Å². The number of quaternary nitrogens is 1. The van der Waals surface area contributed by atoms with Crippen molar-refractivity contribution in [2.24, 2.45) is 0 Å². The van der Waals surface area contributed by atoms with Crippen molar-refractivity contribution >= 4 is 17.8 Å². The predicted octanol–water partition coefficient (Wildman–Crippen LogP) is -1.32. The molecule has 0 aliphatic heterocycles. The van der Waals surface area contributed by atoms with E-state index in [9.17, 15) is 14.4 Å². The maximum atomic E-state index is 12.2. The molecule has 0 aromatic heterocycles. The molecule has 2 amide bonds. The van der Waals surface area contributed by atoms with Crippen molar-refractivity contribution < 1.29 is 24.0 Å². The Morgan fingerprint density at radius 2 is 1.80 bits per heavy atom. The van der Waals surface area contributed by atoms with Gasteiger partial charge in [-0.15, -0.1) is 0 Å². The topological polar surface area (TPSA) is 88.9 Å². The highest BCUT2D eigenvalue weighted by Crippen LogP contribution is 2.17. The van der Waals surface area contributed by atoms with E-state index in [-0.39, 0.29) is 24.9 Å². The Morgan fingerprint density at radius 1 is 1.16 bits per heavy atom. The predicted molar refractivity (Wildman–Crippen MR) is 91.9 cm³/mol. The number of methoxy groups -OCH3 is 1. The summed E-state index contributed by atoms with van der Waals surface area (Å²) in [4.78, 5) is 36.7. The molecule has 2 rings (SSSR count). The summed E-state index contributed by atoms with van der Waals surface area (Å²) in [5.74, 6) is -0.828. The second-order valence-electron chi connectivity index (χ2n) is 6.49. The van der Waals surface area contributed by atoms with Gasteiger partial charge in [-0.05, 0) is 18.4 Å². The molecular formula is C18H26N3O4+. The van der Waals surface area contributed by atoms with E-state index in [1.165, 1.54) is 7.11 Å².